The van der Waals surface area contributed by atoms with Crippen LogP contribution in [0.25, 0.3) is 0 Å². The predicted octanol–water partition coefficient (Wildman–Crippen LogP) is 2.62. The molecule has 0 radical (unpaired) electrons. The maximum atomic E-state index is 6.26. The molecule has 3 heterocycles. The highest BCUT2D eigenvalue weighted by molar-refractivity contribution is 7.99. The number of pyridine rings is 1. The van der Waals surface area contributed by atoms with Gasteiger partial charge in [0, 0.05) is 38.9 Å². The molecule has 2 aliphatic rings. The Labute approximate surface area is 153 Å². The fourth-order valence-electron chi connectivity index (χ4n) is 3.26. The summed E-state index contributed by atoms with van der Waals surface area (Å²) in [6.45, 7) is 2.88. The standard InChI is InChI=1S/C17H26ClN5S/c1-19-17(21-11-13-5-9-24-10-6-13)22-14-4-8-23(12-14)16-15(18)3-2-7-20-16/h2-3,7,13-14H,4-6,8-12H2,1H3,(H2,19,21,22). The van der Waals surface area contributed by atoms with Gasteiger partial charge in [-0.15, -0.1) is 0 Å². The smallest absolute Gasteiger partial charge is 0.191 e. The first-order chi connectivity index (χ1) is 11.8. The molecule has 1 aromatic heterocycles. The number of nitrogens with one attached hydrogen (secondary N) is 2. The molecule has 2 fully saturated rings. The summed E-state index contributed by atoms with van der Waals surface area (Å²) >= 11 is 8.33. The molecule has 1 atom stereocenters. The van der Waals surface area contributed by atoms with Gasteiger partial charge in [-0.05, 0) is 48.8 Å². The second-order valence-electron chi connectivity index (χ2n) is 6.39. The number of halogens is 1. The van der Waals surface area contributed by atoms with Gasteiger partial charge in [-0.2, -0.15) is 11.8 Å². The number of thioether (sulfide) groups is 1. The van der Waals surface area contributed by atoms with Crippen molar-refractivity contribution in [1.82, 2.24) is 15.6 Å². The van der Waals surface area contributed by atoms with E-state index in [1.54, 1.807) is 6.20 Å². The molecule has 2 N–H and O–H groups in total. The number of hydrogen-bond donors (Lipinski definition) is 2. The Balaban J connectivity index is 1.47. The third-order valence-corrected chi connectivity index (χ3v) is 6.03. The molecule has 1 unspecified atom stereocenters. The summed E-state index contributed by atoms with van der Waals surface area (Å²) in [6.07, 6.45) is 5.48. The Kier molecular flexibility index (Phi) is 6.49. The Morgan fingerprint density at radius 1 is 1.42 bits per heavy atom. The Morgan fingerprint density at radius 2 is 2.25 bits per heavy atom. The van der Waals surface area contributed by atoms with Gasteiger partial charge in [0.05, 0.1) is 5.02 Å². The molecule has 0 amide bonds. The summed E-state index contributed by atoms with van der Waals surface area (Å²) in [5.41, 5.74) is 0. The average molecular weight is 368 g/mol. The molecule has 24 heavy (non-hydrogen) atoms. The number of hydrogen-bond acceptors (Lipinski definition) is 4. The molecule has 2 saturated heterocycles. The Morgan fingerprint density at radius 3 is 3.00 bits per heavy atom. The van der Waals surface area contributed by atoms with Crippen molar-refractivity contribution in [2.45, 2.75) is 25.3 Å². The van der Waals surface area contributed by atoms with E-state index in [0.717, 1.165) is 48.8 Å². The molecule has 3 rings (SSSR count). The summed E-state index contributed by atoms with van der Waals surface area (Å²) in [7, 11) is 1.84. The third-order valence-electron chi connectivity index (χ3n) is 4.69. The first-order valence-corrected chi connectivity index (χ1v) is 10.2. The topological polar surface area (TPSA) is 52.6 Å². The van der Waals surface area contributed by atoms with Crippen molar-refractivity contribution in [1.29, 1.82) is 0 Å². The number of guanidine groups is 1. The van der Waals surface area contributed by atoms with Crippen LogP contribution in [0.4, 0.5) is 5.82 Å². The van der Waals surface area contributed by atoms with Gasteiger partial charge in [0.15, 0.2) is 5.96 Å². The largest absolute Gasteiger partial charge is 0.356 e. The fourth-order valence-corrected chi connectivity index (χ4v) is 4.71. The lowest BCUT2D eigenvalue weighted by molar-refractivity contribution is 0.477. The first-order valence-electron chi connectivity index (χ1n) is 8.66. The second-order valence-corrected chi connectivity index (χ2v) is 8.03. The number of aromatic nitrogens is 1. The van der Waals surface area contributed by atoms with E-state index in [9.17, 15) is 0 Å². The van der Waals surface area contributed by atoms with Crippen LogP contribution in [-0.4, -0.2) is 55.2 Å². The van der Waals surface area contributed by atoms with E-state index in [-0.39, 0.29) is 0 Å². The van der Waals surface area contributed by atoms with E-state index in [2.05, 4.69) is 37.3 Å². The van der Waals surface area contributed by atoms with E-state index in [1.807, 2.05) is 19.2 Å². The van der Waals surface area contributed by atoms with E-state index in [1.165, 1.54) is 24.3 Å². The highest BCUT2D eigenvalue weighted by atomic mass is 35.5. The quantitative estimate of drug-likeness (QED) is 0.633. The minimum atomic E-state index is 0.371. The maximum absolute atomic E-state index is 6.26. The summed E-state index contributed by atoms with van der Waals surface area (Å²) in [5, 5.41) is 7.77. The number of aliphatic imine (C=N–C) groups is 1. The molecule has 0 bridgehead atoms. The summed E-state index contributed by atoms with van der Waals surface area (Å²) in [6, 6.07) is 4.14. The molecule has 7 heteroatoms. The highest BCUT2D eigenvalue weighted by Gasteiger charge is 2.25. The van der Waals surface area contributed by atoms with Crippen molar-refractivity contribution in [2.24, 2.45) is 10.9 Å². The molecule has 2 aliphatic heterocycles. The number of rotatable bonds is 4. The van der Waals surface area contributed by atoms with Crippen molar-refractivity contribution in [3.8, 4) is 0 Å². The van der Waals surface area contributed by atoms with Crippen LogP contribution in [0.1, 0.15) is 19.3 Å². The summed E-state index contributed by atoms with van der Waals surface area (Å²) in [4.78, 5) is 11.0. The molecule has 0 spiro atoms. The normalized spacial score (nSPS) is 22.7. The van der Waals surface area contributed by atoms with Gasteiger partial charge in [0.2, 0.25) is 0 Å². The van der Waals surface area contributed by atoms with Crippen LogP contribution in [0, 0.1) is 5.92 Å². The average Bonchev–Trinajstić information content (AvgIpc) is 3.08. The van der Waals surface area contributed by atoms with Crippen molar-refractivity contribution >= 4 is 35.1 Å². The lowest BCUT2D eigenvalue weighted by atomic mass is 10.0. The van der Waals surface area contributed by atoms with Gasteiger partial charge < -0.3 is 15.5 Å². The molecular weight excluding hydrogens is 342 g/mol. The van der Waals surface area contributed by atoms with Crippen molar-refractivity contribution < 1.29 is 0 Å². The fraction of sp³-hybridized carbons (Fsp3) is 0.647. The Hall–Kier alpha value is -1.14. The molecule has 1 aromatic rings. The molecule has 0 aromatic carbocycles. The van der Waals surface area contributed by atoms with Gasteiger partial charge in [-0.1, -0.05) is 11.6 Å². The van der Waals surface area contributed by atoms with Gasteiger partial charge >= 0.3 is 0 Å². The van der Waals surface area contributed by atoms with Crippen LogP contribution in [0.3, 0.4) is 0 Å². The van der Waals surface area contributed by atoms with Crippen LogP contribution in [0.5, 0.6) is 0 Å². The zero-order valence-corrected chi connectivity index (χ0v) is 15.7. The zero-order valence-electron chi connectivity index (χ0n) is 14.2. The monoisotopic (exact) mass is 367 g/mol. The van der Waals surface area contributed by atoms with E-state index in [4.69, 9.17) is 11.6 Å². The maximum Gasteiger partial charge on any atom is 0.191 e. The number of nitrogens with zero attached hydrogens (tertiary/aromatic N) is 3. The van der Waals surface area contributed by atoms with Crippen molar-refractivity contribution in [3.05, 3.63) is 23.4 Å². The van der Waals surface area contributed by atoms with Gasteiger partial charge in [-0.3, -0.25) is 4.99 Å². The van der Waals surface area contributed by atoms with Crippen LogP contribution in [0.15, 0.2) is 23.3 Å². The minimum Gasteiger partial charge on any atom is -0.356 e. The third kappa shape index (κ3) is 4.70. The van der Waals surface area contributed by atoms with Crippen LogP contribution >= 0.6 is 23.4 Å². The highest BCUT2D eigenvalue weighted by Crippen LogP contribution is 2.26. The van der Waals surface area contributed by atoms with E-state index < -0.39 is 0 Å². The Bertz CT molecular complexity index is 562. The molecule has 0 saturated carbocycles. The SMILES string of the molecule is CN=C(NCC1CCSCC1)NC1CCN(c2ncccc2Cl)C1. The lowest BCUT2D eigenvalue weighted by Gasteiger charge is -2.24. The van der Waals surface area contributed by atoms with Crippen molar-refractivity contribution in [2.75, 3.05) is 43.1 Å². The summed E-state index contributed by atoms with van der Waals surface area (Å²) in [5.74, 6) is 5.15. The van der Waals surface area contributed by atoms with Gasteiger partial charge in [0.25, 0.3) is 0 Å². The van der Waals surface area contributed by atoms with E-state index >= 15 is 0 Å². The lowest BCUT2D eigenvalue weighted by Crippen LogP contribution is -2.46. The van der Waals surface area contributed by atoms with Crippen LogP contribution < -0.4 is 15.5 Å². The summed E-state index contributed by atoms with van der Waals surface area (Å²) < 4.78 is 0. The molecule has 0 aliphatic carbocycles. The van der Waals surface area contributed by atoms with Gasteiger partial charge in [0.1, 0.15) is 5.82 Å². The number of anilines is 1. The van der Waals surface area contributed by atoms with Gasteiger partial charge in [-0.25, -0.2) is 4.98 Å². The molecular formula is C17H26ClN5S. The minimum absolute atomic E-state index is 0.371. The predicted molar refractivity (Wildman–Crippen MR) is 104 cm³/mol. The van der Waals surface area contributed by atoms with Crippen molar-refractivity contribution in [3.63, 3.8) is 0 Å². The van der Waals surface area contributed by atoms with Crippen LogP contribution in [-0.2, 0) is 0 Å². The zero-order chi connectivity index (χ0) is 16.8. The van der Waals surface area contributed by atoms with Crippen LogP contribution in [0.2, 0.25) is 5.02 Å². The molecule has 5 nitrogen and oxygen atoms in total. The molecule has 132 valence electrons. The second kappa shape index (κ2) is 8.81. The first kappa shape index (κ1) is 17.7. The van der Waals surface area contributed by atoms with E-state index in [0.29, 0.717) is 6.04 Å².